The Bertz CT molecular complexity index is 1100. The fourth-order valence-electron chi connectivity index (χ4n) is 3.64. The summed E-state index contributed by atoms with van der Waals surface area (Å²) in [7, 11) is 0. The Morgan fingerprint density at radius 1 is 1.12 bits per heavy atom. The van der Waals surface area contributed by atoms with Gasteiger partial charge in [-0.25, -0.2) is 14.4 Å². The fraction of sp³-hybridized carbons (Fsp3) is 0.333. The van der Waals surface area contributed by atoms with Crippen molar-refractivity contribution in [3.63, 3.8) is 0 Å². The van der Waals surface area contributed by atoms with Gasteiger partial charge < -0.3 is 10.1 Å². The number of halogens is 4. The highest BCUT2D eigenvalue weighted by atomic mass is 19.4. The monoisotopic (exact) mass is 449 g/mol. The molecule has 1 amide bonds. The molecule has 4 rings (SSSR count). The number of hydrogen-bond donors (Lipinski definition) is 1. The van der Waals surface area contributed by atoms with Crippen molar-refractivity contribution >= 4 is 16.8 Å². The molecule has 0 aliphatic carbocycles. The van der Waals surface area contributed by atoms with E-state index in [1.165, 1.54) is 12.1 Å². The van der Waals surface area contributed by atoms with Crippen molar-refractivity contribution in [1.82, 2.24) is 25.2 Å². The Kier molecular flexibility index (Phi) is 6.28. The number of rotatable bonds is 5. The Morgan fingerprint density at radius 2 is 1.84 bits per heavy atom. The molecule has 0 bridgehead atoms. The minimum atomic E-state index is -4.65. The van der Waals surface area contributed by atoms with Gasteiger partial charge in [0, 0.05) is 49.2 Å². The summed E-state index contributed by atoms with van der Waals surface area (Å²) in [5.74, 6) is -2.58. The third kappa shape index (κ3) is 4.68. The van der Waals surface area contributed by atoms with Gasteiger partial charge in [-0.3, -0.25) is 14.7 Å². The third-order valence-corrected chi connectivity index (χ3v) is 5.21. The van der Waals surface area contributed by atoms with Crippen LogP contribution in [-0.4, -0.2) is 58.6 Å². The molecule has 3 heterocycles. The van der Waals surface area contributed by atoms with Crippen LogP contribution in [0.25, 0.3) is 10.9 Å². The Hall–Kier alpha value is -3.18. The lowest BCUT2D eigenvalue weighted by atomic mass is 10.1. The number of aromatic nitrogens is 3. The maximum absolute atomic E-state index is 14.5. The van der Waals surface area contributed by atoms with Crippen molar-refractivity contribution in [3.05, 3.63) is 65.6 Å². The zero-order valence-electron chi connectivity index (χ0n) is 16.8. The van der Waals surface area contributed by atoms with Crippen molar-refractivity contribution in [3.8, 4) is 0 Å². The van der Waals surface area contributed by atoms with E-state index in [4.69, 9.17) is 4.74 Å². The second-order valence-corrected chi connectivity index (χ2v) is 7.20. The number of nitrogens with one attached hydrogen (secondary N) is 1. The van der Waals surface area contributed by atoms with E-state index in [2.05, 4.69) is 20.3 Å². The van der Waals surface area contributed by atoms with Crippen molar-refractivity contribution < 1.29 is 27.1 Å². The first-order valence-corrected chi connectivity index (χ1v) is 9.87. The zero-order valence-corrected chi connectivity index (χ0v) is 16.8. The molecule has 1 fully saturated rings. The van der Waals surface area contributed by atoms with Crippen molar-refractivity contribution in [2.24, 2.45) is 0 Å². The molecule has 1 aromatic carbocycles. The maximum atomic E-state index is 14.5. The highest BCUT2D eigenvalue weighted by Crippen LogP contribution is 2.27. The summed E-state index contributed by atoms with van der Waals surface area (Å²) in [6, 6.07) is 5.35. The van der Waals surface area contributed by atoms with E-state index < -0.39 is 29.8 Å². The van der Waals surface area contributed by atoms with Gasteiger partial charge in [0.25, 0.3) is 5.91 Å². The summed E-state index contributed by atoms with van der Waals surface area (Å²) in [6.45, 7) is 1.91. The van der Waals surface area contributed by atoms with Gasteiger partial charge in [-0.15, -0.1) is 0 Å². The molecule has 1 saturated heterocycles. The number of hydrogen-bond acceptors (Lipinski definition) is 6. The minimum Gasteiger partial charge on any atom is -0.379 e. The van der Waals surface area contributed by atoms with Gasteiger partial charge in [0.15, 0.2) is 0 Å². The predicted octanol–water partition coefficient (Wildman–Crippen LogP) is 2.99. The van der Waals surface area contributed by atoms with Crippen LogP contribution in [0.1, 0.15) is 27.8 Å². The van der Waals surface area contributed by atoms with Crippen LogP contribution < -0.4 is 5.32 Å². The molecule has 1 aliphatic heterocycles. The maximum Gasteiger partial charge on any atom is 0.451 e. The van der Waals surface area contributed by atoms with E-state index >= 15 is 0 Å². The lowest BCUT2D eigenvalue weighted by Crippen LogP contribution is -2.44. The molecule has 3 aromatic rings. The van der Waals surface area contributed by atoms with Gasteiger partial charge in [-0.05, 0) is 18.2 Å². The second kappa shape index (κ2) is 9.13. The van der Waals surface area contributed by atoms with Crippen molar-refractivity contribution in [2.75, 3.05) is 32.8 Å². The van der Waals surface area contributed by atoms with Gasteiger partial charge in [-0.1, -0.05) is 6.07 Å². The number of pyridine rings is 1. The molecular formula is C21H19F4N5O2. The molecule has 0 spiro atoms. The average molecular weight is 449 g/mol. The number of amides is 1. The third-order valence-electron chi connectivity index (χ3n) is 5.21. The lowest BCUT2D eigenvalue weighted by molar-refractivity contribution is -0.145. The molecule has 32 heavy (non-hydrogen) atoms. The van der Waals surface area contributed by atoms with Gasteiger partial charge in [0.2, 0.25) is 5.82 Å². The number of benzene rings is 1. The number of alkyl halides is 3. The highest BCUT2D eigenvalue weighted by molar-refractivity contribution is 6.06. The molecule has 1 atom stereocenters. The molecule has 1 aliphatic rings. The normalized spacial score (nSPS) is 16.1. The molecule has 11 heteroatoms. The van der Waals surface area contributed by atoms with E-state index in [0.29, 0.717) is 42.8 Å². The van der Waals surface area contributed by atoms with E-state index in [1.807, 2.05) is 4.90 Å². The highest BCUT2D eigenvalue weighted by Gasteiger charge is 2.35. The Morgan fingerprint density at radius 3 is 2.53 bits per heavy atom. The predicted molar refractivity (Wildman–Crippen MR) is 106 cm³/mol. The smallest absolute Gasteiger partial charge is 0.379 e. The first-order valence-electron chi connectivity index (χ1n) is 9.87. The van der Waals surface area contributed by atoms with Crippen LogP contribution >= 0.6 is 0 Å². The van der Waals surface area contributed by atoms with Crippen LogP contribution in [0.5, 0.6) is 0 Å². The Balaban J connectivity index is 1.58. The molecule has 1 N–H and O–H groups in total. The molecule has 1 unspecified atom stereocenters. The van der Waals surface area contributed by atoms with Crippen molar-refractivity contribution in [2.45, 2.75) is 12.2 Å². The number of ether oxygens (including phenoxy) is 1. The SMILES string of the molecule is O=C(NCC(c1cnc(C(F)(F)F)nc1)N1CCOCC1)c1c(F)ccc2ncccc12. The Labute approximate surface area is 180 Å². The number of fused-ring (bicyclic) bond motifs is 1. The number of nitrogens with zero attached hydrogens (tertiary/aromatic N) is 4. The summed E-state index contributed by atoms with van der Waals surface area (Å²) < 4.78 is 58.3. The van der Waals surface area contributed by atoms with Crippen LogP contribution in [0.3, 0.4) is 0 Å². The second-order valence-electron chi connectivity index (χ2n) is 7.20. The fourth-order valence-corrected chi connectivity index (χ4v) is 3.64. The lowest BCUT2D eigenvalue weighted by Gasteiger charge is -2.34. The summed E-state index contributed by atoms with van der Waals surface area (Å²) in [4.78, 5) is 25.8. The van der Waals surface area contributed by atoms with Gasteiger partial charge >= 0.3 is 6.18 Å². The molecule has 7 nitrogen and oxygen atoms in total. The van der Waals surface area contributed by atoms with Crippen LogP contribution in [0.4, 0.5) is 17.6 Å². The van der Waals surface area contributed by atoms with Crippen LogP contribution in [0.2, 0.25) is 0 Å². The van der Waals surface area contributed by atoms with Crippen LogP contribution in [0, 0.1) is 5.82 Å². The number of carbonyl (C=O) groups excluding carboxylic acids is 1. The average Bonchev–Trinajstić information content (AvgIpc) is 2.79. The van der Waals surface area contributed by atoms with E-state index in [1.54, 1.807) is 18.3 Å². The van der Waals surface area contributed by atoms with E-state index in [9.17, 15) is 22.4 Å². The standard InChI is InChI=1S/C21H19F4N5O2/c22-15-3-4-16-14(2-1-5-26-16)18(15)19(31)27-12-17(30-6-8-32-9-7-30)13-10-28-20(29-11-13)21(23,24)25/h1-5,10-11,17H,6-9,12H2,(H,27,31). The number of carbonyl (C=O) groups is 1. The quantitative estimate of drug-likeness (QED) is 0.604. The minimum absolute atomic E-state index is 0.0175. The van der Waals surface area contributed by atoms with Gasteiger partial charge in [0.05, 0.1) is 30.3 Å². The first-order chi connectivity index (χ1) is 15.3. The summed E-state index contributed by atoms with van der Waals surface area (Å²) in [6.07, 6.45) is -0.906. The molecule has 2 aromatic heterocycles. The largest absolute Gasteiger partial charge is 0.451 e. The zero-order chi connectivity index (χ0) is 22.7. The summed E-state index contributed by atoms with van der Waals surface area (Å²) in [5, 5.41) is 3.07. The van der Waals surface area contributed by atoms with E-state index in [-0.39, 0.29) is 12.1 Å². The first kappa shape index (κ1) is 22.0. The molecule has 0 radical (unpaired) electrons. The molecule has 0 saturated carbocycles. The summed E-state index contributed by atoms with van der Waals surface area (Å²) >= 11 is 0. The van der Waals surface area contributed by atoms with E-state index in [0.717, 1.165) is 12.4 Å². The van der Waals surface area contributed by atoms with Crippen LogP contribution in [-0.2, 0) is 10.9 Å². The van der Waals surface area contributed by atoms with Crippen LogP contribution in [0.15, 0.2) is 42.9 Å². The van der Waals surface area contributed by atoms with Crippen molar-refractivity contribution in [1.29, 1.82) is 0 Å². The van der Waals surface area contributed by atoms with Gasteiger partial charge in [0.1, 0.15) is 5.82 Å². The summed E-state index contributed by atoms with van der Waals surface area (Å²) in [5.41, 5.74) is 0.736. The van der Waals surface area contributed by atoms with Gasteiger partial charge in [-0.2, -0.15) is 13.2 Å². The molecule has 168 valence electrons. The topological polar surface area (TPSA) is 80.2 Å². The number of morpholine rings is 1. The molecular weight excluding hydrogens is 430 g/mol.